The molecule has 1 aliphatic rings. The van der Waals surface area contributed by atoms with Crippen LogP contribution in [0.5, 0.6) is 0 Å². The van der Waals surface area contributed by atoms with E-state index >= 15 is 0 Å². The van der Waals surface area contributed by atoms with E-state index in [4.69, 9.17) is 11.6 Å². The Hall–Kier alpha value is -1.11. The molecule has 140 valence electrons. The van der Waals surface area contributed by atoms with Gasteiger partial charge < -0.3 is 5.32 Å². The van der Waals surface area contributed by atoms with Crippen LogP contribution in [0.2, 0.25) is 5.02 Å². The minimum atomic E-state index is -3.16. The third-order valence-corrected chi connectivity index (χ3v) is 6.81. The van der Waals surface area contributed by atoms with Gasteiger partial charge >= 0.3 is 0 Å². The number of rotatable bonds is 8. The summed E-state index contributed by atoms with van der Waals surface area (Å²) in [7, 11) is -3.16. The summed E-state index contributed by atoms with van der Waals surface area (Å²) in [5.41, 5.74) is 1.13. The molecule has 1 aromatic rings. The molecule has 1 fully saturated rings. The predicted octanol–water partition coefficient (Wildman–Crippen LogP) is 2.84. The Balaban J connectivity index is 1.72. The zero-order valence-corrected chi connectivity index (χ0v) is 16.3. The second kappa shape index (κ2) is 9.55. The van der Waals surface area contributed by atoms with E-state index in [9.17, 15) is 13.2 Å². The number of halogens is 1. The molecule has 2 rings (SSSR count). The van der Waals surface area contributed by atoms with Gasteiger partial charge in [-0.25, -0.2) is 12.7 Å². The normalized spacial score (nSPS) is 16.7. The largest absolute Gasteiger partial charge is 0.356 e. The number of amides is 1. The maximum Gasteiger partial charge on any atom is 0.223 e. The fourth-order valence-electron chi connectivity index (χ4n) is 2.98. The van der Waals surface area contributed by atoms with Gasteiger partial charge in [-0.1, -0.05) is 37.1 Å². The van der Waals surface area contributed by atoms with Gasteiger partial charge in [-0.05, 0) is 43.4 Å². The molecule has 0 atom stereocenters. The van der Waals surface area contributed by atoms with E-state index in [1.165, 1.54) is 0 Å². The van der Waals surface area contributed by atoms with Gasteiger partial charge in [0.1, 0.15) is 0 Å². The average molecular weight is 387 g/mol. The Labute approximate surface area is 155 Å². The maximum atomic E-state index is 12.3. The van der Waals surface area contributed by atoms with Gasteiger partial charge in [0.05, 0.1) is 5.75 Å². The van der Waals surface area contributed by atoms with Crippen molar-refractivity contribution in [3.63, 3.8) is 0 Å². The number of hydrogen-bond acceptors (Lipinski definition) is 3. The third-order valence-electron chi connectivity index (χ3n) is 4.60. The highest BCUT2D eigenvalue weighted by atomic mass is 35.5. The number of sulfonamides is 1. The zero-order valence-electron chi connectivity index (χ0n) is 14.7. The van der Waals surface area contributed by atoms with E-state index in [2.05, 4.69) is 5.32 Å². The van der Waals surface area contributed by atoms with Crippen LogP contribution in [0, 0.1) is 5.92 Å². The van der Waals surface area contributed by atoms with Gasteiger partial charge in [-0.3, -0.25) is 4.79 Å². The first-order valence-electron chi connectivity index (χ1n) is 8.92. The van der Waals surface area contributed by atoms with Gasteiger partial charge in [0, 0.05) is 30.6 Å². The number of piperidine rings is 1. The number of carbonyl (C=O) groups is 1. The number of hydrogen-bond donors (Lipinski definition) is 1. The zero-order chi connectivity index (χ0) is 18.3. The predicted molar refractivity (Wildman–Crippen MR) is 101 cm³/mol. The van der Waals surface area contributed by atoms with Crippen LogP contribution in [0.4, 0.5) is 0 Å². The summed E-state index contributed by atoms with van der Waals surface area (Å²) in [5, 5.41) is 3.67. The van der Waals surface area contributed by atoms with E-state index in [-0.39, 0.29) is 17.6 Å². The second-order valence-electron chi connectivity index (χ2n) is 6.51. The van der Waals surface area contributed by atoms with Crippen molar-refractivity contribution in [1.29, 1.82) is 0 Å². The Morgan fingerprint density at radius 3 is 2.48 bits per heavy atom. The fraction of sp³-hybridized carbons (Fsp3) is 0.611. The van der Waals surface area contributed by atoms with E-state index in [1.807, 2.05) is 31.2 Å². The quantitative estimate of drug-likeness (QED) is 0.747. The average Bonchev–Trinajstić information content (AvgIpc) is 2.62. The van der Waals surface area contributed by atoms with Crippen LogP contribution in [-0.4, -0.2) is 44.0 Å². The molecule has 25 heavy (non-hydrogen) atoms. The van der Waals surface area contributed by atoms with E-state index in [0.717, 1.165) is 18.4 Å². The molecule has 0 spiro atoms. The molecular weight excluding hydrogens is 360 g/mol. The molecule has 1 saturated heterocycles. The highest BCUT2D eigenvalue weighted by molar-refractivity contribution is 7.89. The summed E-state index contributed by atoms with van der Waals surface area (Å²) in [6.45, 7) is 3.45. The van der Waals surface area contributed by atoms with Gasteiger partial charge in [-0.2, -0.15) is 0 Å². The fourth-order valence-corrected chi connectivity index (χ4v) is 4.78. The minimum absolute atomic E-state index is 0.0274. The lowest BCUT2D eigenvalue weighted by molar-refractivity contribution is -0.126. The number of nitrogens with zero attached hydrogens (tertiary/aromatic N) is 1. The van der Waals surface area contributed by atoms with Gasteiger partial charge in [0.2, 0.25) is 15.9 Å². The van der Waals surface area contributed by atoms with Gasteiger partial charge in [-0.15, -0.1) is 0 Å². The summed E-state index contributed by atoms with van der Waals surface area (Å²) >= 11 is 5.85. The Morgan fingerprint density at radius 2 is 1.88 bits per heavy atom. The Kier molecular flexibility index (Phi) is 7.72. The lowest BCUT2D eigenvalue weighted by Gasteiger charge is -2.30. The molecule has 5 nitrogen and oxygen atoms in total. The molecule has 0 aromatic heterocycles. The summed E-state index contributed by atoms with van der Waals surface area (Å²) in [5.74, 6) is 0.143. The summed E-state index contributed by atoms with van der Waals surface area (Å²) in [6, 6.07) is 7.59. The monoisotopic (exact) mass is 386 g/mol. The van der Waals surface area contributed by atoms with E-state index in [1.54, 1.807) is 4.31 Å². The van der Waals surface area contributed by atoms with Gasteiger partial charge in [0.15, 0.2) is 0 Å². The van der Waals surface area contributed by atoms with Crippen molar-refractivity contribution in [3.05, 3.63) is 34.9 Å². The lowest BCUT2D eigenvalue weighted by atomic mass is 9.97. The lowest BCUT2D eigenvalue weighted by Crippen LogP contribution is -2.44. The first-order valence-corrected chi connectivity index (χ1v) is 10.9. The van der Waals surface area contributed by atoms with Crippen molar-refractivity contribution < 1.29 is 13.2 Å². The SMILES string of the molecule is CCCCS(=O)(=O)N1CCC(C(=O)NCCc2ccc(Cl)cc2)CC1. The molecule has 1 heterocycles. The smallest absolute Gasteiger partial charge is 0.223 e. The number of nitrogens with one attached hydrogen (secondary N) is 1. The highest BCUT2D eigenvalue weighted by Gasteiger charge is 2.30. The van der Waals surface area contributed by atoms with Crippen molar-refractivity contribution in [3.8, 4) is 0 Å². The van der Waals surface area contributed by atoms with Crippen LogP contribution in [-0.2, 0) is 21.2 Å². The van der Waals surface area contributed by atoms with E-state index in [0.29, 0.717) is 43.9 Å². The number of unbranched alkanes of at least 4 members (excludes halogenated alkanes) is 1. The summed E-state index contributed by atoms with van der Waals surface area (Å²) < 4.78 is 25.9. The molecule has 1 aliphatic heterocycles. The molecule has 0 bridgehead atoms. The molecule has 0 aliphatic carbocycles. The van der Waals surface area contributed by atoms with Crippen LogP contribution in [0.15, 0.2) is 24.3 Å². The summed E-state index contributed by atoms with van der Waals surface area (Å²) in [4.78, 5) is 12.3. The minimum Gasteiger partial charge on any atom is -0.356 e. The third kappa shape index (κ3) is 6.28. The van der Waals surface area contributed by atoms with Crippen molar-refractivity contribution in [2.45, 2.75) is 39.0 Å². The molecule has 1 N–H and O–H groups in total. The second-order valence-corrected chi connectivity index (χ2v) is 9.04. The van der Waals surface area contributed by atoms with Crippen molar-refractivity contribution >= 4 is 27.5 Å². The standard InChI is InChI=1S/C18H27ClN2O3S/c1-2-3-14-25(23,24)21-12-9-16(10-13-21)18(22)20-11-8-15-4-6-17(19)7-5-15/h4-7,16H,2-3,8-14H2,1H3,(H,20,22). The number of carbonyl (C=O) groups excluding carboxylic acids is 1. The Morgan fingerprint density at radius 1 is 1.24 bits per heavy atom. The van der Waals surface area contributed by atoms with Gasteiger partial charge in [0.25, 0.3) is 0 Å². The van der Waals surface area contributed by atoms with E-state index < -0.39 is 10.0 Å². The van der Waals surface area contributed by atoms with Crippen molar-refractivity contribution in [2.24, 2.45) is 5.92 Å². The number of benzene rings is 1. The first kappa shape index (κ1) is 20.2. The van der Waals surface area contributed by atoms with Crippen molar-refractivity contribution in [2.75, 3.05) is 25.4 Å². The molecule has 0 unspecified atom stereocenters. The van der Waals surface area contributed by atoms with Crippen LogP contribution < -0.4 is 5.32 Å². The topological polar surface area (TPSA) is 66.5 Å². The molecule has 7 heteroatoms. The molecule has 1 amide bonds. The molecule has 1 aromatic carbocycles. The van der Waals surface area contributed by atoms with Crippen LogP contribution in [0.1, 0.15) is 38.2 Å². The first-order chi connectivity index (χ1) is 11.9. The maximum absolute atomic E-state index is 12.3. The van der Waals surface area contributed by atoms with Crippen LogP contribution in [0.25, 0.3) is 0 Å². The summed E-state index contributed by atoms with van der Waals surface area (Å²) in [6.07, 6.45) is 3.50. The van der Waals surface area contributed by atoms with Crippen molar-refractivity contribution in [1.82, 2.24) is 9.62 Å². The highest BCUT2D eigenvalue weighted by Crippen LogP contribution is 2.20. The molecule has 0 radical (unpaired) electrons. The van der Waals surface area contributed by atoms with Crippen LogP contribution in [0.3, 0.4) is 0 Å². The molecular formula is C18H27ClN2O3S. The van der Waals surface area contributed by atoms with Crippen LogP contribution >= 0.6 is 11.6 Å². The Bertz CT molecular complexity index is 653. The molecule has 0 saturated carbocycles.